The molecule has 0 unspecified atom stereocenters. The molecule has 0 spiro atoms. The smallest absolute Gasteiger partial charge is 0.214 e. The fourth-order valence-electron chi connectivity index (χ4n) is 0.969. The number of hydrogen-bond donors (Lipinski definition) is 1. The van der Waals surface area contributed by atoms with Gasteiger partial charge in [-0.05, 0) is 12.5 Å². The first-order valence-corrected chi connectivity index (χ1v) is 4.09. The van der Waals surface area contributed by atoms with Gasteiger partial charge >= 0.3 is 0 Å². The second kappa shape index (κ2) is 4.64. The van der Waals surface area contributed by atoms with Crippen LogP contribution in [0, 0.1) is 6.92 Å². The van der Waals surface area contributed by atoms with Crippen LogP contribution in [-0.2, 0) is 0 Å². The average molecular weight is 184 g/mol. The third kappa shape index (κ3) is 2.57. The van der Waals surface area contributed by atoms with Crippen molar-refractivity contribution in [2.75, 3.05) is 25.6 Å². The summed E-state index contributed by atoms with van der Waals surface area (Å²) in [4.78, 5) is 4.13. The molecule has 0 aromatic carbocycles. The maximum Gasteiger partial charge on any atom is 0.214 e. The number of aromatic nitrogens is 1. The summed E-state index contributed by atoms with van der Waals surface area (Å²) in [6, 6.07) is 3.66. The van der Waals surface area contributed by atoms with Gasteiger partial charge in [-0.1, -0.05) is 6.07 Å². The second-order valence-corrected chi connectivity index (χ2v) is 2.63. The van der Waals surface area contributed by atoms with Crippen LogP contribution in [0.25, 0.3) is 0 Å². The average Bonchev–Trinajstić information content (AvgIpc) is 2.17. The number of rotatable bonds is 4. The van der Waals surface area contributed by atoms with Crippen molar-refractivity contribution >= 4 is 5.82 Å². The van der Waals surface area contributed by atoms with Gasteiger partial charge in [0.15, 0.2) is 0 Å². The predicted molar refractivity (Wildman–Crippen MR) is 50.0 cm³/mol. The van der Waals surface area contributed by atoms with Gasteiger partial charge in [-0.2, -0.15) is 4.98 Å². The Morgan fingerprint density at radius 1 is 1.54 bits per heavy atom. The lowest BCUT2D eigenvalue weighted by molar-refractivity contribution is 0.398. The molecule has 1 rings (SSSR count). The third-order valence-corrected chi connectivity index (χ3v) is 1.67. The van der Waals surface area contributed by atoms with Crippen LogP contribution in [0.4, 0.5) is 10.2 Å². The summed E-state index contributed by atoms with van der Waals surface area (Å²) in [6.45, 7) is 1.78. The molecule has 3 nitrogen and oxygen atoms in total. The molecule has 0 radical (unpaired) electrons. The molecule has 0 atom stereocenters. The van der Waals surface area contributed by atoms with Crippen LogP contribution in [0.5, 0.6) is 5.88 Å². The summed E-state index contributed by atoms with van der Waals surface area (Å²) in [5, 5.41) is 2.87. The molecule has 0 saturated heterocycles. The van der Waals surface area contributed by atoms with E-state index in [9.17, 15) is 4.39 Å². The van der Waals surface area contributed by atoms with Gasteiger partial charge in [0.25, 0.3) is 0 Å². The zero-order chi connectivity index (χ0) is 9.68. The molecule has 0 aliphatic heterocycles. The topological polar surface area (TPSA) is 34.1 Å². The first-order valence-electron chi connectivity index (χ1n) is 4.09. The minimum absolute atomic E-state index is 0.279. The van der Waals surface area contributed by atoms with E-state index in [0.29, 0.717) is 11.7 Å². The molecule has 0 bridgehead atoms. The Hall–Kier alpha value is -1.32. The summed E-state index contributed by atoms with van der Waals surface area (Å²) in [6.07, 6.45) is 0. The Balaban J connectivity index is 2.78. The highest BCUT2D eigenvalue weighted by molar-refractivity contribution is 5.45. The molecule has 0 fully saturated rings. The standard InChI is InChI=1S/C9H13FN2O/c1-7-3-4-8(13-2)12-9(7)11-6-5-10/h3-4H,5-6H2,1-2H3,(H,11,12). The lowest BCUT2D eigenvalue weighted by Crippen LogP contribution is -2.06. The lowest BCUT2D eigenvalue weighted by Gasteiger charge is -2.07. The van der Waals surface area contributed by atoms with Crippen LogP contribution in [0.15, 0.2) is 12.1 Å². The van der Waals surface area contributed by atoms with Crippen molar-refractivity contribution in [3.8, 4) is 5.88 Å². The zero-order valence-electron chi connectivity index (χ0n) is 7.80. The Bertz CT molecular complexity index is 278. The molecule has 72 valence electrons. The predicted octanol–water partition coefficient (Wildman–Crippen LogP) is 1.78. The van der Waals surface area contributed by atoms with Gasteiger partial charge in [0.2, 0.25) is 5.88 Å². The quantitative estimate of drug-likeness (QED) is 0.774. The van der Waals surface area contributed by atoms with Crippen molar-refractivity contribution in [1.82, 2.24) is 4.98 Å². The minimum Gasteiger partial charge on any atom is -0.481 e. The number of nitrogens with one attached hydrogen (secondary N) is 1. The van der Waals surface area contributed by atoms with Gasteiger partial charge < -0.3 is 10.1 Å². The third-order valence-electron chi connectivity index (χ3n) is 1.67. The Kier molecular flexibility index (Phi) is 3.49. The number of alkyl halides is 1. The van der Waals surface area contributed by atoms with E-state index in [-0.39, 0.29) is 6.54 Å². The van der Waals surface area contributed by atoms with E-state index in [0.717, 1.165) is 5.56 Å². The number of pyridine rings is 1. The SMILES string of the molecule is COc1ccc(C)c(NCCF)n1. The second-order valence-electron chi connectivity index (χ2n) is 2.63. The summed E-state index contributed by atoms with van der Waals surface area (Å²) in [5.41, 5.74) is 0.981. The van der Waals surface area contributed by atoms with Crippen LogP contribution in [-0.4, -0.2) is 25.3 Å². The molecule has 4 heteroatoms. The van der Waals surface area contributed by atoms with E-state index in [4.69, 9.17) is 4.74 Å². The number of aryl methyl sites for hydroxylation is 1. The van der Waals surface area contributed by atoms with Gasteiger partial charge in [0.05, 0.1) is 7.11 Å². The van der Waals surface area contributed by atoms with E-state index in [2.05, 4.69) is 10.3 Å². The Labute approximate surface area is 76.9 Å². The first-order chi connectivity index (χ1) is 6.27. The molecular formula is C9H13FN2O. The van der Waals surface area contributed by atoms with E-state index < -0.39 is 6.67 Å². The van der Waals surface area contributed by atoms with Crippen molar-refractivity contribution in [3.05, 3.63) is 17.7 Å². The minimum atomic E-state index is -0.404. The number of nitrogens with zero attached hydrogens (tertiary/aromatic N) is 1. The molecule has 1 aromatic rings. The molecule has 13 heavy (non-hydrogen) atoms. The Morgan fingerprint density at radius 2 is 2.31 bits per heavy atom. The Morgan fingerprint density at radius 3 is 2.92 bits per heavy atom. The maximum absolute atomic E-state index is 11.9. The van der Waals surface area contributed by atoms with Gasteiger partial charge in [-0.3, -0.25) is 0 Å². The summed E-state index contributed by atoms with van der Waals surface area (Å²) >= 11 is 0. The molecular weight excluding hydrogens is 171 g/mol. The fraction of sp³-hybridized carbons (Fsp3) is 0.444. The van der Waals surface area contributed by atoms with E-state index in [1.807, 2.05) is 13.0 Å². The van der Waals surface area contributed by atoms with Crippen molar-refractivity contribution in [1.29, 1.82) is 0 Å². The molecule has 0 saturated carbocycles. The molecule has 1 aromatic heterocycles. The zero-order valence-corrected chi connectivity index (χ0v) is 7.80. The molecule has 0 aliphatic rings. The number of methoxy groups -OCH3 is 1. The number of halogens is 1. The molecule has 0 amide bonds. The number of ether oxygens (including phenoxy) is 1. The van der Waals surface area contributed by atoms with Crippen LogP contribution in [0.3, 0.4) is 0 Å². The van der Waals surface area contributed by atoms with Crippen LogP contribution >= 0.6 is 0 Å². The summed E-state index contributed by atoms with van der Waals surface area (Å²) < 4.78 is 16.8. The number of hydrogen-bond acceptors (Lipinski definition) is 3. The monoisotopic (exact) mass is 184 g/mol. The summed E-state index contributed by atoms with van der Waals surface area (Å²) in [5.74, 6) is 1.21. The summed E-state index contributed by atoms with van der Waals surface area (Å²) in [7, 11) is 1.55. The van der Waals surface area contributed by atoms with E-state index in [1.54, 1.807) is 13.2 Å². The van der Waals surface area contributed by atoms with Crippen molar-refractivity contribution < 1.29 is 9.13 Å². The lowest BCUT2D eigenvalue weighted by atomic mass is 10.3. The van der Waals surface area contributed by atoms with Gasteiger partial charge in [-0.15, -0.1) is 0 Å². The van der Waals surface area contributed by atoms with Crippen LogP contribution in [0.2, 0.25) is 0 Å². The van der Waals surface area contributed by atoms with Crippen LogP contribution < -0.4 is 10.1 Å². The van der Waals surface area contributed by atoms with E-state index >= 15 is 0 Å². The van der Waals surface area contributed by atoms with Gasteiger partial charge in [0, 0.05) is 12.6 Å². The van der Waals surface area contributed by atoms with Crippen molar-refractivity contribution in [2.45, 2.75) is 6.92 Å². The van der Waals surface area contributed by atoms with Crippen molar-refractivity contribution in [3.63, 3.8) is 0 Å². The normalized spacial score (nSPS) is 9.77. The van der Waals surface area contributed by atoms with Gasteiger partial charge in [-0.25, -0.2) is 4.39 Å². The molecule has 0 aliphatic carbocycles. The maximum atomic E-state index is 11.9. The first kappa shape index (κ1) is 9.77. The fourth-order valence-corrected chi connectivity index (χ4v) is 0.969. The molecule has 1 N–H and O–H groups in total. The van der Waals surface area contributed by atoms with Gasteiger partial charge in [0.1, 0.15) is 12.5 Å². The van der Waals surface area contributed by atoms with E-state index in [1.165, 1.54) is 0 Å². The molecule has 1 heterocycles. The van der Waals surface area contributed by atoms with Crippen molar-refractivity contribution in [2.24, 2.45) is 0 Å². The highest BCUT2D eigenvalue weighted by Gasteiger charge is 2.00. The largest absolute Gasteiger partial charge is 0.481 e. The highest BCUT2D eigenvalue weighted by atomic mass is 19.1. The number of anilines is 1. The van der Waals surface area contributed by atoms with Crippen LogP contribution in [0.1, 0.15) is 5.56 Å². The highest BCUT2D eigenvalue weighted by Crippen LogP contribution is 2.15.